The van der Waals surface area contributed by atoms with E-state index in [2.05, 4.69) is 27.8 Å². The monoisotopic (exact) mass is 1160 g/mol. The van der Waals surface area contributed by atoms with E-state index in [0.717, 1.165) is 59.2 Å². The number of pyridine rings is 1. The summed E-state index contributed by atoms with van der Waals surface area (Å²) in [5.41, 5.74) is 5.22. The Morgan fingerprint density at radius 2 is 1.16 bits per heavy atom. The number of ether oxygens (including phenoxy) is 11. The van der Waals surface area contributed by atoms with Crippen LogP contribution < -0.4 is 10.6 Å². The van der Waals surface area contributed by atoms with Crippen LogP contribution >= 0.6 is 0 Å². The maximum atomic E-state index is 13.2. The minimum Gasteiger partial charge on any atom is -0.385 e. The first-order valence-corrected chi connectivity index (χ1v) is 28.1. The molecule has 22 heteroatoms. The van der Waals surface area contributed by atoms with Gasteiger partial charge in [0.15, 0.2) is 0 Å². The lowest BCUT2D eigenvalue weighted by atomic mass is 9.94. The molecular formula is C60H86F3N5O14. The summed E-state index contributed by atoms with van der Waals surface area (Å²) in [6.45, 7) is 13.9. The summed E-state index contributed by atoms with van der Waals surface area (Å²) in [6, 6.07) is 22.5. The van der Waals surface area contributed by atoms with Crippen molar-refractivity contribution in [1.82, 2.24) is 20.1 Å². The molecule has 19 nitrogen and oxygen atoms in total. The van der Waals surface area contributed by atoms with Crippen molar-refractivity contribution < 1.29 is 79.7 Å². The van der Waals surface area contributed by atoms with Gasteiger partial charge in [0.1, 0.15) is 6.29 Å². The number of anilines is 1. The molecule has 1 aromatic heterocycles. The normalized spacial score (nSPS) is 11.6. The molecule has 0 saturated heterocycles. The van der Waals surface area contributed by atoms with Crippen molar-refractivity contribution in [3.8, 4) is 22.4 Å². The van der Waals surface area contributed by atoms with Crippen molar-refractivity contribution >= 4 is 23.8 Å². The number of hydrogen-bond acceptors (Lipinski definition) is 17. The number of hydrogen-bond donors (Lipinski definition) is 2. The summed E-state index contributed by atoms with van der Waals surface area (Å²) in [6.07, 6.45) is -0.449. The maximum absolute atomic E-state index is 13.2. The Hall–Kier alpha value is -5.47. The standard InChI is InChI=1S/C60H86F3N5O14/c1-4-64-54-13-14-55(56(47-54)57-46-52(15-17-65-57)59(71)66-48-50-9-6-12-53(45-50)60(61,62)63)51-11-5-8-49(44-51)10-7-23-73-28-31-77-36-37-78-32-29-74-24-16-58(70)68(20-22-69)19-18-67(2)21-25-75-30-33-79-38-39-81-42-43-82-41-40-80-35-34-76-27-26-72-3/h5-6,8-9,11-15,17,22,44-47,64H,4,7,10,16,18-21,23-43,48H2,1-3H3,(H,66,71). The number of aldehydes is 1. The molecule has 0 aliphatic carbocycles. The molecule has 0 aliphatic rings. The molecule has 0 unspecified atom stereocenters. The molecule has 456 valence electrons. The zero-order valence-corrected chi connectivity index (χ0v) is 48.1. The fourth-order valence-corrected chi connectivity index (χ4v) is 7.91. The van der Waals surface area contributed by atoms with Crippen molar-refractivity contribution in [2.24, 2.45) is 0 Å². The molecule has 0 radical (unpaired) electrons. The Morgan fingerprint density at radius 3 is 1.74 bits per heavy atom. The molecular weight excluding hydrogens is 1070 g/mol. The second kappa shape index (κ2) is 43.2. The first-order chi connectivity index (χ1) is 40.0. The molecule has 1 heterocycles. The Balaban J connectivity index is 0.990. The minimum atomic E-state index is -4.48. The van der Waals surface area contributed by atoms with E-state index < -0.39 is 17.6 Å². The van der Waals surface area contributed by atoms with Crippen LogP contribution in [0.5, 0.6) is 0 Å². The molecule has 0 fully saturated rings. The van der Waals surface area contributed by atoms with Crippen molar-refractivity contribution in [3.05, 3.63) is 107 Å². The lowest BCUT2D eigenvalue weighted by Crippen LogP contribution is -2.39. The second-order valence-electron chi connectivity index (χ2n) is 18.6. The van der Waals surface area contributed by atoms with E-state index in [1.165, 1.54) is 11.0 Å². The van der Waals surface area contributed by atoms with E-state index in [1.54, 1.807) is 31.5 Å². The number of methoxy groups -OCH3 is 1. The lowest BCUT2D eigenvalue weighted by Gasteiger charge is -2.24. The highest BCUT2D eigenvalue weighted by atomic mass is 19.4. The molecule has 0 atom stereocenters. The molecule has 3 aromatic carbocycles. The van der Waals surface area contributed by atoms with Crippen LogP contribution in [0.2, 0.25) is 0 Å². The average Bonchev–Trinajstić information content (AvgIpc) is 3.50. The van der Waals surface area contributed by atoms with Gasteiger partial charge in [-0.25, -0.2) is 0 Å². The largest absolute Gasteiger partial charge is 0.416 e. The molecule has 4 rings (SSSR count). The van der Waals surface area contributed by atoms with Crippen LogP contribution in [0, 0.1) is 0 Å². The molecule has 0 spiro atoms. The first kappa shape index (κ1) is 69.0. The Morgan fingerprint density at radius 1 is 0.598 bits per heavy atom. The highest BCUT2D eigenvalue weighted by molar-refractivity contribution is 5.96. The van der Waals surface area contributed by atoms with Crippen LogP contribution in [-0.2, 0) is 80.8 Å². The highest BCUT2D eigenvalue weighted by Gasteiger charge is 2.30. The molecule has 0 aliphatic heterocycles. The van der Waals surface area contributed by atoms with Crippen LogP contribution in [0.15, 0.2) is 85.1 Å². The SMILES string of the molecule is CCNc1ccc(-c2cccc(CCCOCCOCCOCCOCCC(=O)N(CC=O)CCN(C)CCOCCOCCOCCOCCOCCOCCOC)c2)c(-c2cc(C(=O)NCc3cccc(C(F)(F)F)c3)ccn2)c1. The Bertz CT molecular complexity index is 2350. The Kier molecular flexibility index (Phi) is 36.4. The minimum absolute atomic E-state index is 0.0185. The number of nitrogens with one attached hydrogen (secondary N) is 2. The number of likely N-dealkylation sites (N-methyl/N-ethyl adjacent to an activating group) is 1. The van der Waals surface area contributed by atoms with E-state index in [4.69, 9.17) is 52.1 Å². The number of halogens is 3. The molecule has 0 bridgehead atoms. The molecule has 4 aromatic rings. The topological polar surface area (TPSA) is 196 Å². The number of amides is 2. The summed E-state index contributed by atoms with van der Waals surface area (Å²) in [5, 5.41) is 6.09. The van der Waals surface area contributed by atoms with Gasteiger partial charge < -0.3 is 77.3 Å². The predicted octanol–water partition coefficient (Wildman–Crippen LogP) is 6.89. The number of benzene rings is 3. The quantitative estimate of drug-likeness (QED) is 0.0342. The third kappa shape index (κ3) is 30.2. The van der Waals surface area contributed by atoms with E-state index in [-0.39, 0.29) is 32.0 Å². The van der Waals surface area contributed by atoms with Crippen LogP contribution in [0.3, 0.4) is 0 Å². The van der Waals surface area contributed by atoms with Crippen LogP contribution in [0.25, 0.3) is 22.4 Å². The van der Waals surface area contributed by atoms with Crippen LogP contribution in [0.4, 0.5) is 18.9 Å². The van der Waals surface area contributed by atoms with Gasteiger partial charge in [-0.15, -0.1) is 0 Å². The van der Waals surface area contributed by atoms with Crippen molar-refractivity contribution in [3.63, 3.8) is 0 Å². The van der Waals surface area contributed by atoms with Gasteiger partial charge in [-0.1, -0.05) is 42.5 Å². The van der Waals surface area contributed by atoms with Gasteiger partial charge in [-0.05, 0) is 85.5 Å². The zero-order chi connectivity index (χ0) is 58.7. The lowest BCUT2D eigenvalue weighted by molar-refractivity contribution is -0.137. The van der Waals surface area contributed by atoms with Gasteiger partial charge in [-0.3, -0.25) is 14.6 Å². The zero-order valence-electron chi connectivity index (χ0n) is 48.1. The first-order valence-electron chi connectivity index (χ1n) is 28.1. The predicted molar refractivity (Wildman–Crippen MR) is 305 cm³/mol. The number of carbonyl (C=O) groups excluding carboxylic acids is 3. The molecule has 2 amide bonds. The summed E-state index contributed by atoms with van der Waals surface area (Å²) < 4.78 is 100. The van der Waals surface area contributed by atoms with Crippen molar-refractivity contribution in [2.45, 2.75) is 38.9 Å². The van der Waals surface area contributed by atoms with Crippen molar-refractivity contribution in [1.29, 1.82) is 0 Å². The third-order valence-electron chi connectivity index (χ3n) is 12.3. The van der Waals surface area contributed by atoms with Gasteiger partial charge >= 0.3 is 6.18 Å². The third-order valence-corrected chi connectivity index (χ3v) is 12.3. The van der Waals surface area contributed by atoms with Gasteiger partial charge in [0.05, 0.1) is 156 Å². The number of rotatable bonds is 49. The van der Waals surface area contributed by atoms with E-state index in [0.29, 0.717) is 175 Å². The van der Waals surface area contributed by atoms with Crippen LogP contribution in [-0.4, -0.2) is 219 Å². The fraction of sp³-hybridized carbons (Fsp3) is 0.567. The Labute approximate surface area is 481 Å². The summed E-state index contributed by atoms with van der Waals surface area (Å²) in [7, 11) is 3.57. The number of alkyl halides is 3. The summed E-state index contributed by atoms with van der Waals surface area (Å²) in [4.78, 5) is 45.6. The van der Waals surface area contributed by atoms with Crippen LogP contribution in [0.1, 0.15) is 46.8 Å². The van der Waals surface area contributed by atoms with Gasteiger partial charge in [0.25, 0.3) is 5.91 Å². The van der Waals surface area contributed by atoms with E-state index in [1.807, 2.05) is 49.2 Å². The van der Waals surface area contributed by atoms with E-state index in [9.17, 15) is 27.6 Å². The van der Waals surface area contributed by atoms with Gasteiger partial charge in [-0.2, -0.15) is 13.2 Å². The average molecular weight is 1160 g/mol. The van der Waals surface area contributed by atoms with E-state index >= 15 is 0 Å². The second-order valence-corrected chi connectivity index (χ2v) is 18.6. The van der Waals surface area contributed by atoms with Gasteiger partial charge in [0.2, 0.25) is 5.91 Å². The highest BCUT2D eigenvalue weighted by Crippen LogP contribution is 2.35. The molecule has 2 N–H and O–H groups in total. The summed E-state index contributed by atoms with van der Waals surface area (Å²) in [5.74, 6) is -0.583. The number of carbonyl (C=O) groups is 3. The summed E-state index contributed by atoms with van der Waals surface area (Å²) >= 11 is 0. The molecule has 0 saturated carbocycles. The number of nitrogens with zero attached hydrogens (tertiary/aromatic N) is 3. The van der Waals surface area contributed by atoms with Gasteiger partial charge in [0, 0.05) is 69.5 Å². The fourth-order valence-electron chi connectivity index (χ4n) is 7.91. The molecule has 82 heavy (non-hydrogen) atoms. The smallest absolute Gasteiger partial charge is 0.385 e. The maximum Gasteiger partial charge on any atom is 0.416 e. The number of aryl methyl sites for hydroxylation is 1. The number of aromatic nitrogens is 1. The van der Waals surface area contributed by atoms with Crippen molar-refractivity contribution in [2.75, 3.05) is 191 Å².